The summed E-state index contributed by atoms with van der Waals surface area (Å²) in [4.78, 5) is 13.6. The maximum Gasteiger partial charge on any atom is 1.00 e. The summed E-state index contributed by atoms with van der Waals surface area (Å²) in [5.74, 6) is -5.67. The normalized spacial score (nSPS) is 31.4. The number of rotatable bonds is 7. The minimum atomic E-state index is -2.11. The second kappa shape index (κ2) is 14.0. The third-order valence-electron chi connectivity index (χ3n) is 7.43. The molecule has 2 saturated heterocycles. The Morgan fingerprint density at radius 1 is 0.739 bits per heavy atom. The number of hydrogen-bond acceptors (Lipinski definition) is 18. The number of phenols is 4. The van der Waals surface area contributed by atoms with Crippen LogP contribution in [-0.4, -0.2) is 131 Å². The predicted octanol–water partition coefficient (Wildman–Crippen LogP) is -6.64. The zero-order chi connectivity index (χ0) is 32.9. The van der Waals surface area contributed by atoms with Gasteiger partial charge in [-0.15, -0.1) is 5.75 Å². The number of aromatic hydroxyl groups is 4. The summed E-state index contributed by atoms with van der Waals surface area (Å²) in [6.45, 7) is -1.73. The monoisotopic (exact) mass is 664 g/mol. The van der Waals surface area contributed by atoms with Crippen LogP contribution >= 0.6 is 0 Å². The smallest absolute Gasteiger partial charge is 0.872 e. The van der Waals surface area contributed by atoms with Crippen molar-refractivity contribution in [3.8, 4) is 45.8 Å². The average molecular weight is 665 g/mol. The fourth-order valence-corrected chi connectivity index (χ4v) is 5.06. The number of aliphatic hydroxyl groups is 7. The Hall–Kier alpha value is -2.95. The third kappa shape index (κ3) is 6.45. The van der Waals surface area contributed by atoms with Crippen LogP contribution in [0.5, 0.6) is 34.5 Å². The summed E-state index contributed by atoms with van der Waals surface area (Å²) in [6.07, 6.45) is -18.1. The number of hydrogen-bond donors (Lipinski definition) is 11. The van der Waals surface area contributed by atoms with Crippen LogP contribution in [0.15, 0.2) is 33.5 Å². The minimum Gasteiger partial charge on any atom is -0.872 e. The quantitative estimate of drug-likeness (QED) is 0.0826. The Labute approximate surface area is 279 Å². The Kier molecular flexibility index (Phi) is 11.0. The van der Waals surface area contributed by atoms with Crippen LogP contribution in [0.25, 0.3) is 22.3 Å². The van der Waals surface area contributed by atoms with E-state index in [1.807, 2.05) is 0 Å². The van der Waals surface area contributed by atoms with Crippen molar-refractivity contribution in [3.63, 3.8) is 0 Å². The summed E-state index contributed by atoms with van der Waals surface area (Å²) in [6, 6.07) is 3.25. The van der Waals surface area contributed by atoms with E-state index in [0.29, 0.717) is 6.07 Å². The summed E-state index contributed by atoms with van der Waals surface area (Å²) < 4.78 is 27.5. The maximum absolute atomic E-state index is 13.6. The molecule has 2 fully saturated rings. The number of benzene rings is 2. The van der Waals surface area contributed by atoms with Gasteiger partial charge in [0.15, 0.2) is 29.3 Å². The molecule has 0 unspecified atom stereocenters. The van der Waals surface area contributed by atoms with Crippen molar-refractivity contribution >= 4 is 11.0 Å². The Morgan fingerprint density at radius 2 is 1.33 bits per heavy atom. The van der Waals surface area contributed by atoms with Crippen molar-refractivity contribution < 1.29 is 114 Å². The number of phenolic OH excluding ortho intramolecular Hbond substituents is 4. The molecule has 0 amide bonds. The van der Waals surface area contributed by atoms with Gasteiger partial charge in [-0.25, -0.2) is 0 Å². The largest absolute Gasteiger partial charge is 1.00 e. The van der Waals surface area contributed by atoms with Crippen molar-refractivity contribution in [2.45, 2.75) is 61.4 Å². The summed E-state index contributed by atoms with van der Waals surface area (Å²) >= 11 is 0. The van der Waals surface area contributed by atoms with Crippen LogP contribution in [0, 0.1) is 0 Å². The van der Waals surface area contributed by atoms with Gasteiger partial charge in [0.2, 0.25) is 17.5 Å². The predicted molar refractivity (Wildman–Crippen MR) is 141 cm³/mol. The molecule has 2 aromatic carbocycles. The second-order valence-corrected chi connectivity index (χ2v) is 10.4. The first-order valence-electron chi connectivity index (χ1n) is 13.3. The first-order valence-corrected chi connectivity index (χ1v) is 13.3. The summed E-state index contributed by atoms with van der Waals surface area (Å²) in [5.41, 5.74) is -1.91. The van der Waals surface area contributed by atoms with Gasteiger partial charge in [-0.1, -0.05) is 0 Å². The molecule has 2 aliphatic heterocycles. The van der Waals surface area contributed by atoms with E-state index in [1.165, 1.54) is 0 Å². The zero-order valence-electron chi connectivity index (χ0n) is 23.8. The van der Waals surface area contributed by atoms with Crippen molar-refractivity contribution in [2.75, 3.05) is 13.2 Å². The molecule has 0 bridgehead atoms. The van der Waals surface area contributed by atoms with Gasteiger partial charge in [-0.05, 0) is 24.3 Å². The van der Waals surface area contributed by atoms with E-state index in [1.54, 1.807) is 0 Å². The molecule has 0 aliphatic carbocycles. The molecule has 0 saturated carbocycles. The van der Waals surface area contributed by atoms with Gasteiger partial charge in [0, 0.05) is 5.56 Å². The molecule has 246 valence electrons. The van der Waals surface area contributed by atoms with Crippen LogP contribution in [0.4, 0.5) is 0 Å². The van der Waals surface area contributed by atoms with Crippen LogP contribution < -0.4 is 44.8 Å². The minimum absolute atomic E-state index is 0. The number of aliphatic hydroxyl groups excluding tert-OH is 7. The van der Waals surface area contributed by atoms with E-state index >= 15 is 0 Å². The van der Waals surface area contributed by atoms with E-state index in [9.17, 15) is 66.1 Å². The van der Waals surface area contributed by atoms with Gasteiger partial charge in [0.05, 0.1) is 13.2 Å². The molecule has 46 heavy (non-hydrogen) atoms. The molecule has 2 aliphatic rings. The van der Waals surface area contributed by atoms with Crippen molar-refractivity contribution in [1.29, 1.82) is 0 Å². The van der Waals surface area contributed by atoms with Gasteiger partial charge < -0.3 is 84.6 Å². The maximum atomic E-state index is 13.6. The van der Waals surface area contributed by atoms with Crippen molar-refractivity contribution in [1.82, 2.24) is 0 Å². The first kappa shape index (κ1) is 35.9. The van der Waals surface area contributed by atoms with Crippen LogP contribution in [0.2, 0.25) is 0 Å². The Bertz CT molecular complexity index is 1590. The Morgan fingerprint density at radius 3 is 1.93 bits per heavy atom. The van der Waals surface area contributed by atoms with Gasteiger partial charge in [-0.3, -0.25) is 4.79 Å². The molecule has 1 aromatic heterocycles. The fraction of sp³-hybridized carbons (Fsp3) is 0.444. The zero-order valence-corrected chi connectivity index (χ0v) is 25.8. The molecule has 3 aromatic rings. The molecular weight excluding hydrogens is 635 g/mol. The Balaban J connectivity index is 0.00000480. The molecule has 0 radical (unpaired) electrons. The van der Waals surface area contributed by atoms with Crippen molar-refractivity contribution in [2.24, 2.45) is 0 Å². The standard InChI is InChI=1S/C27H30O18.Na/c28-5-13-17(35)19(37)21(39)26(42-13)44-24-14(6-29)43-27(22(40)20(24)38)45-25-18(36)15-9(31)3-8(30)4-12(15)41-23(25)7-1-10(32)16(34)11(33)2-7;/h1-4,13-14,17,19-22,24,26-35,37-40H,5-6H2;/q;+1/p-1/t13-,14-,17+,19+,20-,21-,22-,24-,26+,27+;/m1./s1. The SMILES string of the molecule is O=c1c(O[C@@H]2O[C@H](CO)[C@@H](O[C@@H]3O[C@H](CO)[C@H](O)[C@H](O)[C@H]3O)[C@H](O)[C@H]2O)c(-c2cc(O)c(O)c(O)c2)oc2cc([O-])cc(O)c12.[Na+]. The topological polar surface area (TPSA) is 313 Å². The van der Waals surface area contributed by atoms with Crippen LogP contribution in [0.1, 0.15) is 0 Å². The summed E-state index contributed by atoms with van der Waals surface area (Å²) in [7, 11) is 0. The second-order valence-electron chi connectivity index (χ2n) is 10.4. The van der Waals surface area contributed by atoms with Crippen LogP contribution in [-0.2, 0) is 14.2 Å². The van der Waals surface area contributed by atoms with Gasteiger partial charge >= 0.3 is 29.6 Å². The van der Waals surface area contributed by atoms with E-state index < -0.39 is 131 Å². The molecule has 18 nitrogen and oxygen atoms in total. The van der Waals surface area contributed by atoms with Crippen molar-refractivity contribution in [3.05, 3.63) is 34.5 Å². The van der Waals surface area contributed by atoms with E-state index in [0.717, 1.165) is 18.2 Å². The van der Waals surface area contributed by atoms with Gasteiger partial charge in [0.25, 0.3) is 0 Å². The molecule has 19 heteroatoms. The van der Waals surface area contributed by atoms with E-state index in [2.05, 4.69) is 0 Å². The molecule has 5 rings (SSSR count). The van der Waals surface area contributed by atoms with Gasteiger partial charge in [0.1, 0.15) is 65.6 Å². The molecule has 3 heterocycles. The average Bonchev–Trinajstić information content (AvgIpc) is 2.99. The summed E-state index contributed by atoms with van der Waals surface area (Å²) in [5, 5.41) is 123. The fourth-order valence-electron chi connectivity index (χ4n) is 5.06. The van der Waals surface area contributed by atoms with Crippen LogP contribution in [0.3, 0.4) is 0 Å². The number of fused-ring (bicyclic) bond motifs is 1. The molecular formula is C27H29NaO18. The molecule has 0 spiro atoms. The first-order chi connectivity index (χ1) is 21.3. The third-order valence-corrected chi connectivity index (χ3v) is 7.43. The molecule has 11 N–H and O–H groups in total. The molecule has 10 atom stereocenters. The number of ether oxygens (including phenoxy) is 4. The van der Waals surface area contributed by atoms with E-state index in [-0.39, 0.29) is 35.1 Å². The van der Waals surface area contributed by atoms with E-state index in [4.69, 9.17) is 23.4 Å². The van der Waals surface area contributed by atoms with Gasteiger partial charge in [-0.2, -0.15) is 0 Å².